The van der Waals surface area contributed by atoms with Gasteiger partial charge in [-0.25, -0.2) is 4.39 Å². The number of para-hydroxylation sites is 1. The van der Waals surface area contributed by atoms with Crippen molar-refractivity contribution in [1.82, 2.24) is 9.80 Å². The predicted molar refractivity (Wildman–Crippen MR) is 99.9 cm³/mol. The molecule has 1 amide bonds. The molecule has 1 heterocycles. The third-order valence-corrected chi connectivity index (χ3v) is 4.88. The molecule has 5 nitrogen and oxygen atoms in total. The van der Waals surface area contributed by atoms with Gasteiger partial charge in [-0.2, -0.15) is 5.26 Å². The number of ether oxygens (including phenoxy) is 1. The second kappa shape index (κ2) is 8.85. The van der Waals surface area contributed by atoms with Crippen LogP contribution in [0.5, 0.6) is 5.75 Å². The summed E-state index contributed by atoms with van der Waals surface area (Å²) < 4.78 is 19.4. The number of nitrogens with zero attached hydrogens (tertiary/aromatic N) is 3. The highest BCUT2D eigenvalue weighted by Crippen LogP contribution is 2.21. The highest BCUT2D eigenvalue weighted by Gasteiger charge is 2.23. The van der Waals surface area contributed by atoms with Crippen molar-refractivity contribution >= 4 is 17.5 Å². The average Bonchev–Trinajstić information content (AvgIpc) is 2.69. The number of nitriles is 1. The topological polar surface area (TPSA) is 56.6 Å². The Morgan fingerprint density at radius 1 is 1.15 bits per heavy atom. The number of carbonyl (C=O) groups excluding carboxylic acids is 1. The van der Waals surface area contributed by atoms with Gasteiger partial charge >= 0.3 is 0 Å². The van der Waals surface area contributed by atoms with E-state index in [1.807, 2.05) is 6.07 Å². The van der Waals surface area contributed by atoms with Crippen LogP contribution in [0.2, 0.25) is 5.02 Å². The maximum Gasteiger partial charge on any atom is 0.260 e. The van der Waals surface area contributed by atoms with Crippen molar-refractivity contribution in [2.24, 2.45) is 0 Å². The number of rotatable bonds is 5. The minimum absolute atomic E-state index is 0.113. The molecule has 1 aliphatic heterocycles. The van der Waals surface area contributed by atoms with E-state index in [0.717, 1.165) is 0 Å². The molecule has 0 saturated carbocycles. The summed E-state index contributed by atoms with van der Waals surface area (Å²) in [6.45, 7) is 2.64. The van der Waals surface area contributed by atoms with Crippen molar-refractivity contribution in [2.45, 2.75) is 6.54 Å². The number of halogens is 2. The Morgan fingerprint density at radius 3 is 2.59 bits per heavy atom. The zero-order valence-electron chi connectivity index (χ0n) is 14.7. The Kier molecular flexibility index (Phi) is 6.28. The van der Waals surface area contributed by atoms with Gasteiger partial charge < -0.3 is 9.64 Å². The molecule has 2 aromatic rings. The number of hydrogen-bond acceptors (Lipinski definition) is 4. The molecule has 1 saturated heterocycles. The summed E-state index contributed by atoms with van der Waals surface area (Å²) in [5.74, 6) is -0.0435. The second-order valence-electron chi connectivity index (χ2n) is 6.25. The fourth-order valence-electron chi connectivity index (χ4n) is 2.98. The lowest BCUT2D eigenvalue weighted by molar-refractivity contribution is -0.135. The van der Waals surface area contributed by atoms with Gasteiger partial charge in [-0.3, -0.25) is 9.69 Å². The van der Waals surface area contributed by atoms with Crippen molar-refractivity contribution in [1.29, 1.82) is 5.26 Å². The number of carbonyl (C=O) groups is 1. The number of hydrogen-bond donors (Lipinski definition) is 0. The van der Waals surface area contributed by atoms with E-state index in [9.17, 15) is 9.18 Å². The molecule has 0 spiro atoms. The van der Waals surface area contributed by atoms with Crippen LogP contribution < -0.4 is 4.74 Å². The average molecular weight is 388 g/mol. The van der Waals surface area contributed by atoms with E-state index in [1.54, 1.807) is 41.3 Å². The van der Waals surface area contributed by atoms with Gasteiger partial charge in [0.25, 0.3) is 5.91 Å². The van der Waals surface area contributed by atoms with Crippen LogP contribution in [0.25, 0.3) is 0 Å². The summed E-state index contributed by atoms with van der Waals surface area (Å²) in [5.41, 5.74) is 0.882. The smallest absolute Gasteiger partial charge is 0.260 e. The van der Waals surface area contributed by atoms with E-state index in [0.29, 0.717) is 54.6 Å². The molecule has 3 rings (SSSR count). The Labute approximate surface area is 162 Å². The molecule has 0 aliphatic carbocycles. The van der Waals surface area contributed by atoms with Gasteiger partial charge in [0.1, 0.15) is 17.6 Å². The zero-order valence-corrected chi connectivity index (χ0v) is 15.5. The van der Waals surface area contributed by atoms with Gasteiger partial charge in [-0.1, -0.05) is 29.8 Å². The minimum Gasteiger partial charge on any atom is -0.482 e. The Hall–Kier alpha value is -2.62. The molecule has 140 valence electrons. The van der Waals surface area contributed by atoms with Crippen molar-refractivity contribution in [2.75, 3.05) is 32.8 Å². The van der Waals surface area contributed by atoms with Gasteiger partial charge in [0, 0.05) is 43.3 Å². The zero-order chi connectivity index (χ0) is 19.2. The number of benzene rings is 2. The lowest BCUT2D eigenvalue weighted by Gasteiger charge is -2.34. The summed E-state index contributed by atoms with van der Waals surface area (Å²) in [6, 6.07) is 13.5. The molecule has 0 unspecified atom stereocenters. The van der Waals surface area contributed by atoms with Crippen molar-refractivity contribution in [3.63, 3.8) is 0 Å². The Balaban J connectivity index is 1.50. The molecule has 0 radical (unpaired) electrons. The van der Waals surface area contributed by atoms with Crippen molar-refractivity contribution in [3.05, 3.63) is 64.4 Å². The molecule has 0 N–H and O–H groups in total. The van der Waals surface area contributed by atoms with Crippen LogP contribution in [0.1, 0.15) is 11.1 Å². The predicted octanol–water partition coefficient (Wildman–Crippen LogP) is 3.07. The summed E-state index contributed by atoms with van der Waals surface area (Å²) >= 11 is 6.08. The maximum atomic E-state index is 13.9. The van der Waals surface area contributed by atoms with E-state index < -0.39 is 0 Å². The third kappa shape index (κ3) is 4.76. The SMILES string of the molecule is N#Cc1ccccc1OCC(=O)N1CCN(Cc2c(F)cccc2Cl)CC1. The summed E-state index contributed by atoms with van der Waals surface area (Å²) in [4.78, 5) is 16.1. The standard InChI is InChI=1S/C20H19ClFN3O2/c21-17-5-3-6-18(22)16(17)13-24-8-10-25(11-9-24)20(26)14-27-19-7-2-1-4-15(19)12-23/h1-7H,8-11,13-14H2. The molecular weight excluding hydrogens is 369 g/mol. The van der Waals surface area contributed by atoms with Crippen LogP contribution in [0.15, 0.2) is 42.5 Å². The molecule has 0 bridgehead atoms. The normalized spacial score (nSPS) is 14.6. The molecule has 1 fully saturated rings. The van der Waals surface area contributed by atoms with Crippen molar-refractivity contribution in [3.8, 4) is 11.8 Å². The lowest BCUT2D eigenvalue weighted by Crippen LogP contribution is -2.49. The molecule has 2 aromatic carbocycles. The fourth-order valence-corrected chi connectivity index (χ4v) is 3.20. The number of amides is 1. The summed E-state index contributed by atoms with van der Waals surface area (Å²) in [6.07, 6.45) is 0. The molecule has 0 aromatic heterocycles. The van der Waals surface area contributed by atoms with Crippen LogP contribution in [-0.2, 0) is 11.3 Å². The van der Waals surface area contributed by atoms with Gasteiger partial charge in [0.05, 0.1) is 5.56 Å². The highest BCUT2D eigenvalue weighted by atomic mass is 35.5. The third-order valence-electron chi connectivity index (χ3n) is 4.53. The highest BCUT2D eigenvalue weighted by molar-refractivity contribution is 6.31. The second-order valence-corrected chi connectivity index (χ2v) is 6.66. The van der Waals surface area contributed by atoms with Gasteiger partial charge in [-0.15, -0.1) is 0 Å². The number of piperazine rings is 1. The first-order chi connectivity index (χ1) is 13.1. The molecule has 0 atom stereocenters. The van der Waals surface area contributed by atoms with E-state index in [-0.39, 0.29) is 18.3 Å². The van der Waals surface area contributed by atoms with E-state index in [2.05, 4.69) is 4.90 Å². The fraction of sp³-hybridized carbons (Fsp3) is 0.300. The summed E-state index contributed by atoms with van der Waals surface area (Å²) in [7, 11) is 0. The van der Waals surface area contributed by atoms with E-state index >= 15 is 0 Å². The van der Waals surface area contributed by atoms with E-state index in [1.165, 1.54) is 6.07 Å². The van der Waals surface area contributed by atoms with Gasteiger partial charge in [0.15, 0.2) is 6.61 Å². The monoisotopic (exact) mass is 387 g/mol. The van der Waals surface area contributed by atoms with Crippen LogP contribution in [-0.4, -0.2) is 48.5 Å². The maximum absolute atomic E-state index is 13.9. The quantitative estimate of drug-likeness (QED) is 0.791. The van der Waals surface area contributed by atoms with Crippen LogP contribution >= 0.6 is 11.6 Å². The largest absolute Gasteiger partial charge is 0.482 e. The van der Waals surface area contributed by atoms with E-state index in [4.69, 9.17) is 21.6 Å². The molecule has 7 heteroatoms. The molecular formula is C20H19ClFN3O2. The van der Waals surface area contributed by atoms with Gasteiger partial charge in [0.2, 0.25) is 0 Å². The van der Waals surface area contributed by atoms with Gasteiger partial charge in [-0.05, 0) is 24.3 Å². The lowest BCUT2D eigenvalue weighted by atomic mass is 10.2. The first-order valence-electron chi connectivity index (χ1n) is 8.63. The minimum atomic E-state index is -0.314. The first-order valence-corrected chi connectivity index (χ1v) is 9.01. The molecule has 1 aliphatic rings. The van der Waals surface area contributed by atoms with Crippen LogP contribution in [0, 0.1) is 17.1 Å². The first kappa shape index (κ1) is 19.2. The summed E-state index contributed by atoms with van der Waals surface area (Å²) in [5, 5.41) is 9.47. The Bertz CT molecular complexity index is 840. The molecule has 27 heavy (non-hydrogen) atoms. The Morgan fingerprint density at radius 2 is 1.89 bits per heavy atom. The van der Waals surface area contributed by atoms with Crippen LogP contribution in [0.3, 0.4) is 0 Å². The van der Waals surface area contributed by atoms with Crippen molar-refractivity contribution < 1.29 is 13.9 Å². The van der Waals surface area contributed by atoms with Crippen LogP contribution in [0.4, 0.5) is 4.39 Å².